The summed E-state index contributed by atoms with van der Waals surface area (Å²) in [5.74, 6) is -0.272. The number of nitrogens with two attached hydrogens (primary N) is 1. The second kappa shape index (κ2) is 6.13. The molecule has 0 aliphatic heterocycles. The molecule has 0 radical (unpaired) electrons. The Morgan fingerprint density at radius 1 is 1.25 bits per heavy atom. The Hall–Kier alpha value is -1.75. The Morgan fingerprint density at radius 2 is 2.00 bits per heavy atom. The molecule has 5 heteroatoms. The van der Waals surface area contributed by atoms with E-state index in [9.17, 15) is 4.39 Å². The normalized spacial score (nSPS) is 10.4. The molecule has 0 spiro atoms. The van der Waals surface area contributed by atoms with Crippen LogP contribution in [0, 0.1) is 12.7 Å². The SMILES string of the molecule is CCOc1cc(Nc2cc(C)ccc2Br)c(N)cc1F. The first kappa shape index (κ1) is 14.7. The van der Waals surface area contributed by atoms with Gasteiger partial charge in [0, 0.05) is 16.6 Å². The number of hydrogen-bond acceptors (Lipinski definition) is 3. The fourth-order valence-corrected chi connectivity index (χ4v) is 2.17. The third kappa shape index (κ3) is 3.22. The zero-order chi connectivity index (χ0) is 14.7. The van der Waals surface area contributed by atoms with Gasteiger partial charge < -0.3 is 15.8 Å². The summed E-state index contributed by atoms with van der Waals surface area (Å²) in [4.78, 5) is 0. The minimum absolute atomic E-state index is 0.188. The van der Waals surface area contributed by atoms with Crippen molar-refractivity contribution in [2.75, 3.05) is 17.7 Å². The van der Waals surface area contributed by atoms with Crippen LogP contribution >= 0.6 is 15.9 Å². The average molecular weight is 339 g/mol. The molecule has 2 rings (SSSR count). The van der Waals surface area contributed by atoms with E-state index in [2.05, 4.69) is 21.2 Å². The van der Waals surface area contributed by atoms with Crippen molar-refractivity contribution in [2.45, 2.75) is 13.8 Å². The lowest BCUT2D eigenvalue weighted by Crippen LogP contribution is -2.01. The van der Waals surface area contributed by atoms with Crippen LogP contribution in [0.3, 0.4) is 0 Å². The molecule has 0 aliphatic rings. The summed E-state index contributed by atoms with van der Waals surface area (Å²) in [6, 6.07) is 8.75. The van der Waals surface area contributed by atoms with Crippen molar-refractivity contribution >= 4 is 33.0 Å². The fourth-order valence-electron chi connectivity index (χ4n) is 1.82. The summed E-state index contributed by atoms with van der Waals surface area (Å²) >= 11 is 3.47. The van der Waals surface area contributed by atoms with Crippen LogP contribution in [0.4, 0.5) is 21.5 Å². The van der Waals surface area contributed by atoms with E-state index < -0.39 is 5.82 Å². The van der Waals surface area contributed by atoms with Crippen molar-refractivity contribution in [3.63, 3.8) is 0 Å². The van der Waals surface area contributed by atoms with Crippen LogP contribution in [0.2, 0.25) is 0 Å². The Balaban J connectivity index is 2.37. The van der Waals surface area contributed by atoms with Gasteiger partial charge in [-0.15, -0.1) is 0 Å². The number of hydrogen-bond donors (Lipinski definition) is 2. The number of anilines is 3. The first-order chi connectivity index (χ1) is 9.51. The smallest absolute Gasteiger partial charge is 0.167 e. The van der Waals surface area contributed by atoms with Gasteiger partial charge in [0.1, 0.15) is 0 Å². The highest BCUT2D eigenvalue weighted by Gasteiger charge is 2.10. The lowest BCUT2D eigenvalue weighted by Gasteiger charge is -2.14. The van der Waals surface area contributed by atoms with E-state index in [4.69, 9.17) is 10.5 Å². The average Bonchev–Trinajstić information content (AvgIpc) is 2.39. The predicted octanol–water partition coefficient (Wildman–Crippen LogP) is 4.62. The van der Waals surface area contributed by atoms with Gasteiger partial charge in [-0.05, 0) is 47.5 Å². The lowest BCUT2D eigenvalue weighted by atomic mass is 10.2. The Morgan fingerprint density at radius 3 is 2.70 bits per heavy atom. The second-order valence-electron chi connectivity index (χ2n) is 4.41. The molecule has 2 aromatic carbocycles. The molecule has 0 saturated carbocycles. The van der Waals surface area contributed by atoms with E-state index in [1.54, 1.807) is 13.0 Å². The molecule has 3 N–H and O–H groups in total. The number of nitrogens with one attached hydrogen (secondary N) is 1. The minimum atomic E-state index is -0.460. The molecule has 3 nitrogen and oxygen atoms in total. The van der Waals surface area contributed by atoms with Gasteiger partial charge in [-0.3, -0.25) is 0 Å². The van der Waals surface area contributed by atoms with Crippen molar-refractivity contribution in [3.8, 4) is 5.75 Å². The minimum Gasteiger partial charge on any atom is -0.491 e. The van der Waals surface area contributed by atoms with Crippen LogP contribution in [0.15, 0.2) is 34.8 Å². The quantitative estimate of drug-likeness (QED) is 0.799. The standard InChI is InChI=1S/C15H16BrFN2O/c1-3-20-15-8-14(12(18)7-11(15)17)19-13-6-9(2)4-5-10(13)16/h4-8,19H,3,18H2,1-2H3. The van der Waals surface area contributed by atoms with Crippen LogP contribution in [-0.4, -0.2) is 6.61 Å². The summed E-state index contributed by atoms with van der Waals surface area (Å²) in [5, 5.41) is 3.19. The second-order valence-corrected chi connectivity index (χ2v) is 5.27. The number of benzene rings is 2. The van der Waals surface area contributed by atoms with E-state index in [0.717, 1.165) is 15.7 Å². The van der Waals surface area contributed by atoms with Crippen LogP contribution in [0.1, 0.15) is 12.5 Å². The highest BCUT2D eigenvalue weighted by molar-refractivity contribution is 9.10. The monoisotopic (exact) mass is 338 g/mol. The molecule has 0 saturated heterocycles. The first-order valence-corrected chi connectivity index (χ1v) is 7.05. The molecule has 0 aromatic heterocycles. The maximum absolute atomic E-state index is 13.7. The van der Waals surface area contributed by atoms with Gasteiger partial charge in [-0.2, -0.15) is 0 Å². The van der Waals surface area contributed by atoms with Crippen molar-refractivity contribution in [1.29, 1.82) is 0 Å². The zero-order valence-electron chi connectivity index (χ0n) is 11.3. The van der Waals surface area contributed by atoms with E-state index >= 15 is 0 Å². The Bertz CT molecular complexity index is 632. The maximum atomic E-state index is 13.7. The molecule has 0 aliphatic carbocycles. The van der Waals surface area contributed by atoms with Crippen molar-refractivity contribution in [1.82, 2.24) is 0 Å². The fraction of sp³-hybridized carbons (Fsp3) is 0.200. The first-order valence-electron chi connectivity index (χ1n) is 6.26. The Labute approximate surface area is 126 Å². The van der Waals surface area contributed by atoms with Crippen molar-refractivity contribution in [3.05, 3.63) is 46.2 Å². The third-order valence-electron chi connectivity index (χ3n) is 2.80. The van der Waals surface area contributed by atoms with E-state index in [0.29, 0.717) is 18.0 Å². The van der Waals surface area contributed by atoms with Gasteiger partial charge in [0.05, 0.1) is 23.7 Å². The van der Waals surface area contributed by atoms with Crippen LogP contribution in [-0.2, 0) is 0 Å². The van der Waals surface area contributed by atoms with Gasteiger partial charge in [0.2, 0.25) is 0 Å². The van der Waals surface area contributed by atoms with Gasteiger partial charge in [-0.1, -0.05) is 6.07 Å². The largest absolute Gasteiger partial charge is 0.491 e. The van der Waals surface area contributed by atoms with Crippen LogP contribution in [0.5, 0.6) is 5.75 Å². The van der Waals surface area contributed by atoms with Crippen molar-refractivity contribution < 1.29 is 9.13 Å². The molecule has 0 bridgehead atoms. The van der Waals surface area contributed by atoms with E-state index in [1.807, 2.05) is 25.1 Å². The highest BCUT2D eigenvalue weighted by atomic mass is 79.9. The zero-order valence-corrected chi connectivity index (χ0v) is 12.9. The van der Waals surface area contributed by atoms with Gasteiger partial charge in [-0.25, -0.2) is 4.39 Å². The molecule has 0 amide bonds. The van der Waals surface area contributed by atoms with Gasteiger partial charge in [0.25, 0.3) is 0 Å². The molecule has 0 atom stereocenters. The summed E-state index contributed by atoms with van der Waals surface area (Å²) < 4.78 is 19.8. The van der Waals surface area contributed by atoms with Crippen LogP contribution < -0.4 is 15.8 Å². The molecular weight excluding hydrogens is 323 g/mol. The lowest BCUT2D eigenvalue weighted by molar-refractivity contribution is 0.322. The predicted molar refractivity (Wildman–Crippen MR) is 84.1 cm³/mol. The van der Waals surface area contributed by atoms with Crippen LogP contribution in [0.25, 0.3) is 0 Å². The highest BCUT2D eigenvalue weighted by Crippen LogP contribution is 2.33. The van der Waals surface area contributed by atoms with Crippen molar-refractivity contribution in [2.24, 2.45) is 0 Å². The number of ether oxygens (including phenoxy) is 1. The molecule has 20 heavy (non-hydrogen) atoms. The van der Waals surface area contributed by atoms with Gasteiger partial charge >= 0.3 is 0 Å². The summed E-state index contributed by atoms with van der Waals surface area (Å²) in [7, 11) is 0. The third-order valence-corrected chi connectivity index (χ3v) is 3.49. The van der Waals surface area contributed by atoms with E-state index in [-0.39, 0.29) is 5.75 Å². The number of rotatable bonds is 4. The molecular formula is C15H16BrFN2O. The number of halogens is 2. The topological polar surface area (TPSA) is 47.3 Å². The Kier molecular flexibility index (Phi) is 4.49. The summed E-state index contributed by atoms with van der Waals surface area (Å²) in [5.41, 5.74) is 8.77. The maximum Gasteiger partial charge on any atom is 0.167 e. The molecule has 2 aromatic rings. The molecule has 0 heterocycles. The number of aryl methyl sites for hydroxylation is 1. The van der Waals surface area contributed by atoms with Gasteiger partial charge in [0.15, 0.2) is 11.6 Å². The summed E-state index contributed by atoms with van der Waals surface area (Å²) in [6.45, 7) is 4.20. The molecule has 0 fully saturated rings. The number of nitrogen functional groups attached to an aromatic ring is 1. The van der Waals surface area contributed by atoms with E-state index in [1.165, 1.54) is 6.07 Å². The summed E-state index contributed by atoms with van der Waals surface area (Å²) in [6.07, 6.45) is 0. The molecule has 0 unspecified atom stereocenters. The molecule has 106 valence electrons.